The van der Waals surface area contributed by atoms with Crippen LogP contribution < -0.4 is 4.74 Å². The topological polar surface area (TPSA) is 9.23 Å². The maximum atomic E-state index is 5.91. The van der Waals surface area contributed by atoms with Crippen LogP contribution in [0.1, 0.15) is 44.7 Å². The lowest BCUT2D eigenvalue weighted by Crippen LogP contribution is -2.14. The van der Waals surface area contributed by atoms with Crippen LogP contribution in [0.5, 0.6) is 5.75 Å². The first-order chi connectivity index (χ1) is 7.95. The average Bonchev–Trinajstić information content (AvgIpc) is 2.23. The predicted octanol–water partition coefficient (Wildman–Crippen LogP) is 4.38. The standard InChI is InChI=1S/C15H24OS/c1-12-7-8-13(15(2,3)4)14(11-12)16-9-5-6-10-17/h7-8,11,17H,5-6,9-10H2,1-4H3. The third kappa shape index (κ3) is 4.63. The molecule has 0 saturated heterocycles. The van der Waals surface area contributed by atoms with E-state index in [1.54, 1.807) is 0 Å². The fraction of sp³-hybridized carbons (Fsp3) is 0.600. The van der Waals surface area contributed by atoms with E-state index in [4.69, 9.17) is 4.74 Å². The molecule has 1 aromatic rings. The van der Waals surface area contributed by atoms with Crippen LogP contribution in [0.4, 0.5) is 0 Å². The minimum Gasteiger partial charge on any atom is -0.493 e. The Hall–Kier alpha value is -0.630. The van der Waals surface area contributed by atoms with Gasteiger partial charge in [-0.15, -0.1) is 0 Å². The van der Waals surface area contributed by atoms with Gasteiger partial charge in [-0.3, -0.25) is 0 Å². The van der Waals surface area contributed by atoms with Crippen LogP contribution in [-0.4, -0.2) is 12.4 Å². The number of benzene rings is 1. The van der Waals surface area contributed by atoms with Gasteiger partial charge in [-0.2, -0.15) is 12.6 Å². The highest BCUT2D eigenvalue weighted by Crippen LogP contribution is 2.32. The van der Waals surface area contributed by atoms with Gasteiger partial charge in [0.1, 0.15) is 5.75 Å². The molecule has 1 nitrogen and oxygen atoms in total. The zero-order chi connectivity index (χ0) is 12.9. The second-order valence-corrected chi connectivity index (χ2v) is 5.98. The van der Waals surface area contributed by atoms with Crippen molar-refractivity contribution in [3.05, 3.63) is 29.3 Å². The minimum atomic E-state index is 0.132. The molecule has 0 amide bonds. The van der Waals surface area contributed by atoms with E-state index in [0.29, 0.717) is 0 Å². The van der Waals surface area contributed by atoms with E-state index in [2.05, 4.69) is 58.5 Å². The summed E-state index contributed by atoms with van der Waals surface area (Å²) >= 11 is 4.21. The quantitative estimate of drug-likeness (QED) is 0.604. The molecule has 0 bridgehead atoms. The van der Waals surface area contributed by atoms with E-state index in [9.17, 15) is 0 Å². The predicted molar refractivity (Wildman–Crippen MR) is 78.5 cm³/mol. The monoisotopic (exact) mass is 252 g/mol. The number of aryl methyl sites for hydroxylation is 1. The summed E-state index contributed by atoms with van der Waals surface area (Å²) in [5.74, 6) is 1.97. The van der Waals surface area contributed by atoms with Crippen molar-refractivity contribution >= 4 is 12.6 Å². The first-order valence-electron chi connectivity index (χ1n) is 6.30. The molecule has 0 aliphatic carbocycles. The molecule has 0 aliphatic heterocycles. The van der Waals surface area contributed by atoms with Gasteiger partial charge >= 0.3 is 0 Å². The SMILES string of the molecule is Cc1ccc(C(C)(C)C)c(OCCCCS)c1. The number of unbranched alkanes of at least 4 members (excludes halogenated alkanes) is 1. The van der Waals surface area contributed by atoms with Crippen LogP contribution in [0.15, 0.2) is 18.2 Å². The molecule has 0 atom stereocenters. The molecule has 2 heteroatoms. The minimum absolute atomic E-state index is 0.132. The zero-order valence-electron chi connectivity index (χ0n) is 11.4. The van der Waals surface area contributed by atoms with E-state index in [0.717, 1.165) is 31.0 Å². The highest BCUT2D eigenvalue weighted by atomic mass is 32.1. The number of thiol groups is 1. The summed E-state index contributed by atoms with van der Waals surface area (Å²) < 4.78 is 5.91. The lowest BCUT2D eigenvalue weighted by Gasteiger charge is -2.23. The molecule has 0 saturated carbocycles. The van der Waals surface area contributed by atoms with E-state index < -0.39 is 0 Å². The van der Waals surface area contributed by atoms with Crippen molar-refractivity contribution in [2.75, 3.05) is 12.4 Å². The molecule has 0 spiro atoms. The molecule has 0 aromatic heterocycles. The fourth-order valence-electron chi connectivity index (χ4n) is 1.76. The number of ether oxygens (including phenoxy) is 1. The molecule has 0 radical (unpaired) electrons. The molecule has 0 heterocycles. The second kappa shape index (κ2) is 6.34. The van der Waals surface area contributed by atoms with Gasteiger partial charge in [0.2, 0.25) is 0 Å². The van der Waals surface area contributed by atoms with Gasteiger partial charge in [0, 0.05) is 0 Å². The van der Waals surface area contributed by atoms with Crippen molar-refractivity contribution in [1.82, 2.24) is 0 Å². The Bertz CT molecular complexity index is 352. The van der Waals surface area contributed by atoms with Gasteiger partial charge in [-0.05, 0) is 48.1 Å². The highest BCUT2D eigenvalue weighted by molar-refractivity contribution is 7.80. The summed E-state index contributed by atoms with van der Waals surface area (Å²) in [5.41, 5.74) is 2.67. The van der Waals surface area contributed by atoms with Crippen molar-refractivity contribution in [2.45, 2.75) is 46.0 Å². The van der Waals surface area contributed by atoms with Crippen LogP contribution in [0.3, 0.4) is 0 Å². The molecule has 96 valence electrons. The van der Waals surface area contributed by atoms with Crippen LogP contribution >= 0.6 is 12.6 Å². The van der Waals surface area contributed by atoms with Crippen molar-refractivity contribution in [2.24, 2.45) is 0 Å². The van der Waals surface area contributed by atoms with E-state index in [1.807, 2.05) is 0 Å². The van der Waals surface area contributed by atoms with Crippen LogP contribution in [0, 0.1) is 6.92 Å². The molecule has 0 fully saturated rings. The second-order valence-electron chi connectivity index (χ2n) is 5.53. The molecule has 0 N–H and O–H groups in total. The largest absolute Gasteiger partial charge is 0.493 e. The lowest BCUT2D eigenvalue weighted by atomic mass is 9.86. The smallest absolute Gasteiger partial charge is 0.123 e. The van der Waals surface area contributed by atoms with Gasteiger partial charge in [0.05, 0.1) is 6.61 Å². The molecule has 1 rings (SSSR count). The lowest BCUT2D eigenvalue weighted by molar-refractivity contribution is 0.301. The van der Waals surface area contributed by atoms with E-state index in [1.165, 1.54) is 11.1 Å². The molecule has 1 aromatic carbocycles. The Kier molecular flexibility index (Phi) is 5.38. The zero-order valence-corrected chi connectivity index (χ0v) is 12.3. The van der Waals surface area contributed by atoms with Crippen molar-refractivity contribution in [3.63, 3.8) is 0 Å². The summed E-state index contributed by atoms with van der Waals surface area (Å²) in [4.78, 5) is 0. The molecular formula is C15H24OS. The van der Waals surface area contributed by atoms with Gasteiger partial charge in [-0.25, -0.2) is 0 Å². The number of hydrogen-bond acceptors (Lipinski definition) is 2. The van der Waals surface area contributed by atoms with Crippen molar-refractivity contribution in [1.29, 1.82) is 0 Å². The Balaban J connectivity index is 2.77. The average molecular weight is 252 g/mol. The summed E-state index contributed by atoms with van der Waals surface area (Å²) in [6.45, 7) is 9.55. The molecule has 17 heavy (non-hydrogen) atoms. The Labute approximate surface area is 111 Å². The molecule has 0 aliphatic rings. The van der Waals surface area contributed by atoms with Gasteiger partial charge in [0.25, 0.3) is 0 Å². The van der Waals surface area contributed by atoms with Gasteiger partial charge in [-0.1, -0.05) is 32.9 Å². The Morgan fingerprint density at radius 2 is 1.88 bits per heavy atom. The van der Waals surface area contributed by atoms with Crippen LogP contribution in [-0.2, 0) is 5.41 Å². The summed E-state index contributed by atoms with van der Waals surface area (Å²) in [6.07, 6.45) is 2.18. The van der Waals surface area contributed by atoms with Crippen LogP contribution in [0.25, 0.3) is 0 Å². The Morgan fingerprint density at radius 1 is 1.18 bits per heavy atom. The summed E-state index contributed by atoms with van der Waals surface area (Å²) in [7, 11) is 0. The first kappa shape index (κ1) is 14.4. The maximum Gasteiger partial charge on any atom is 0.123 e. The maximum absolute atomic E-state index is 5.91. The third-order valence-corrected chi connectivity index (χ3v) is 3.07. The summed E-state index contributed by atoms with van der Waals surface area (Å²) in [5, 5.41) is 0. The first-order valence-corrected chi connectivity index (χ1v) is 6.93. The third-order valence-electron chi connectivity index (χ3n) is 2.76. The fourth-order valence-corrected chi connectivity index (χ4v) is 1.99. The van der Waals surface area contributed by atoms with Crippen molar-refractivity contribution < 1.29 is 4.74 Å². The number of rotatable bonds is 5. The number of hydrogen-bond donors (Lipinski definition) is 1. The van der Waals surface area contributed by atoms with E-state index >= 15 is 0 Å². The van der Waals surface area contributed by atoms with Crippen LogP contribution in [0.2, 0.25) is 0 Å². The molecule has 0 unspecified atom stereocenters. The summed E-state index contributed by atoms with van der Waals surface area (Å²) in [6, 6.07) is 6.48. The van der Waals surface area contributed by atoms with Gasteiger partial charge < -0.3 is 4.74 Å². The normalized spacial score (nSPS) is 11.6. The van der Waals surface area contributed by atoms with Gasteiger partial charge in [0.15, 0.2) is 0 Å². The highest BCUT2D eigenvalue weighted by Gasteiger charge is 2.18. The Morgan fingerprint density at radius 3 is 2.47 bits per heavy atom. The molecular weight excluding hydrogens is 228 g/mol. The van der Waals surface area contributed by atoms with Crippen molar-refractivity contribution in [3.8, 4) is 5.75 Å². The van der Waals surface area contributed by atoms with E-state index in [-0.39, 0.29) is 5.41 Å².